The minimum absolute atomic E-state index is 0.893. The molecule has 0 radical (unpaired) electrons. The molecule has 1 fully saturated rings. The average Bonchev–Trinajstić information content (AvgIpc) is 2.15. The summed E-state index contributed by atoms with van der Waals surface area (Å²) < 4.78 is 0. The van der Waals surface area contributed by atoms with E-state index < -0.39 is 0 Å². The van der Waals surface area contributed by atoms with Gasteiger partial charge in [-0.05, 0) is 24.2 Å². The molecular formula is C14H28. The molecule has 1 rings (SSSR count). The van der Waals surface area contributed by atoms with Crippen molar-refractivity contribution < 1.29 is 0 Å². The van der Waals surface area contributed by atoms with Gasteiger partial charge in [-0.15, -0.1) is 0 Å². The van der Waals surface area contributed by atoms with Gasteiger partial charge in [-0.1, -0.05) is 65.7 Å². The van der Waals surface area contributed by atoms with Gasteiger partial charge in [0.25, 0.3) is 0 Å². The predicted molar refractivity (Wildman–Crippen MR) is 64.4 cm³/mol. The molecule has 0 N–H and O–H groups in total. The van der Waals surface area contributed by atoms with Crippen molar-refractivity contribution in [2.24, 2.45) is 17.8 Å². The van der Waals surface area contributed by atoms with E-state index in [0.29, 0.717) is 0 Å². The van der Waals surface area contributed by atoms with Crippen LogP contribution in [0.5, 0.6) is 0 Å². The summed E-state index contributed by atoms with van der Waals surface area (Å²) >= 11 is 0. The van der Waals surface area contributed by atoms with E-state index in [-0.39, 0.29) is 0 Å². The zero-order chi connectivity index (χ0) is 10.4. The summed E-state index contributed by atoms with van der Waals surface area (Å²) in [6, 6.07) is 0. The van der Waals surface area contributed by atoms with Gasteiger partial charge in [-0.25, -0.2) is 0 Å². The van der Waals surface area contributed by atoms with E-state index in [9.17, 15) is 0 Å². The second kappa shape index (κ2) is 6.48. The van der Waals surface area contributed by atoms with E-state index in [4.69, 9.17) is 0 Å². The lowest BCUT2D eigenvalue weighted by molar-refractivity contribution is 0.225. The summed E-state index contributed by atoms with van der Waals surface area (Å²) in [6.07, 6.45) is 11.8. The highest BCUT2D eigenvalue weighted by molar-refractivity contribution is 4.71. The molecule has 0 heteroatoms. The van der Waals surface area contributed by atoms with Gasteiger partial charge in [-0.2, -0.15) is 0 Å². The Bertz CT molecular complexity index is 137. The molecule has 0 nitrogen and oxygen atoms in total. The van der Waals surface area contributed by atoms with Crippen LogP contribution in [-0.2, 0) is 0 Å². The van der Waals surface area contributed by atoms with Crippen molar-refractivity contribution >= 4 is 0 Å². The number of rotatable bonds is 1. The normalized spacial score (nSPS) is 31.7. The van der Waals surface area contributed by atoms with Crippen LogP contribution in [0.15, 0.2) is 0 Å². The fourth-order valence-electron chi connectivity index (χ4n) is 3.04. The van der Waals surface area contributed by atoms with Crippen molar-refractivity contribution in [3.63, 3.8) is 0 Å². The molecule has 84 valence electrons. The third kappa shape index (κ3) is 4.02. The first-order valence-corrected chi connectivity index (χ1v) is 6.72. The molecule has 0 aromatic heterocycles. The van der Waals surface area contributed by atoms with Gasteiger partial charge in [0.05, 0.1) is 0 Å². The molecule has 2 unspecified atom stereocenters. The topological polar surface area (TPSA) is 0 Å². The predicted octanol–water partition coefficient (Wildman–Crippen LogP) is 5.03. The Morgan fingerprint density at radius 3 is 1.86 bits per heavy atom. The largest absolute Gasteiger partial charge is 0.0625 e. The Morgan fingerprint density at radius 2 is 1.29 bits per heavy atom. The molecule has 0 aromatic rings. The molecule has 0 spiro atoms. The van der Waals surface area contributed by atoms with Crippen molar-refractivity contribution in [3.05, 3.63) is 0 Å². The SMILES string of the molecule is CC(C)C1CCCCCCCCC1C. The number of hydrogen-bond donors (Lipinski definition) is 0. The lowest BCUT2D eigenvalue weighted by atomic mass is 9.78. The Kier molecular flexibility index (Phi) is 5.59. The lowest BCUT2D eigenvalue weighted by Gasteiger charge is -2.28. The Morgan fingerprint density at radius 1 is 0.786 bits per heavy atom. The summed E-state index contributed by atoms with van der Waals surface area (Å²) in [7, 11) is 0. The average molecular weight is 196 g/mol. The minimum atomic E-state index is 0.893. The summed E-state index contributed by atoms with van der Waals surface area (Å²) in [5.74, 6) is 2.85. The zero-order valence-electron chi connectivity index (χ0n) is 10.4. The van der Waals surface area contributed by atoms with Crippen molar-refractivity contribution in [1.82, 2.24) is 0 Å². The monoisotopic (exact) mass is 196 g/mol. The first-order chi connectivity index (χ1) is 6.72. The molecule has 0 aliphatic heterocycles. The van der Waals surface area contributed by atoms with Crippen molar-refractivity contribution in [3.8, 4) is 0 Å². The van der Waals surface area contributed by atoms with E-state index in [1.165, 1.54) is 51.4 Å². The first-order valence-electron chi connectivity index (χ1n) is 6.72. The molecule has 0 heterocycles. The molecule has 14 heavy (non-hydrogen) atoms. The Balaban J connectivity index is 2.42. The van der Waals surface area contributed by atoms with E-state index in [1.54, 1.807) is 0 Å². The third-order valence-corrected chi connectivity index (χ3v) is 4.03. The maximum absolute atomic E-state index is 2.48. The van der Waals surface area contributed by atoms with Crippen molar-refractivity contribution in [1.29, 1.82) is 0 Å². The summed E-state index contributed by atoms with van der Waals surface area (Å²) in [5.41, 5.74) is 0. The maximum atomic E-state index is 2.48. The van der Waals surface area contributed by atoms with Crippen LogP contribution in [0.1, 0.15) is 72.1 Å². The third-order valence-electron chi connectivity index (χ3n) is 4.03. The zero-order valence-corrected chi connectivity index (χ0v) is 10.4. The molecule has 0 amide bonds. The van der Waals surface area contributed by atoms with Crippen LogP contribution in [0, 0.1) is 17.8 Å². The van der Waals surface area contributed by atoms with E-state index in [0.717, 1.165) is 17.8 Å². The minimum Gasteiger partial charge on any atom is -0.0625 e. The smallest absolute Gasteiger partial charge is 0.0365 e. The van der Waals surface area contributed by atoms with Crippen LogP contribution in [0.2, 0.25) is 0 Å². The molecule has 1 aliphatic rings. The fraction of sp³-hybridized carbons (Fsp3) is 1.00. The van der Waals surface area contributed by atoms with Crippen molar-refractivity contribution in [2.45, 2.75) is 72.1 Å². The standard InChI is InChI=1S/C14H28/c1-12(2)14-11-9-7-5-4-6-8-10-13(14)3/h12-14H,4-11H2,1-3H3. The van der Waals surface area contributed by atoms with E-state index in [1.807, 2.05) is 0 Å². The highest BCUT2D eigenvalue weighted by atomic mass is 14.3. The molecule has 1 aliphatic carbocycles. The van der Waals surface area contributed by atoms with E-state index >= 15 is 0 Å². The van der Waals surface area contributed by atoms with Gasteiger partial charge >= 0.3 is 0 Å². The second-order valence-electron chi connectivity index (χ2n) is 5.58. The molecular weight excluding hydrogens is 168 g/mol. The maximum Gasteiger partial charge on any atom is -0.0365 e. The van der Waals surface area contributed by atoms with Gasteiger partial charge in [0.15, 0.2) is 0 Å². The first kappa shape index (κ1) is 12.1. The Labute approximate surface area is 90.5 Å². The van der Waals surface area contributed by atoms with Crippen LogP contribution in [0.4, 0.5) is 0 Å². The van der Waals surface area contributed by atoms with Gasteiger partial charge < -0.3 is 0 Å². The van der Waals surface area contributed by atoms with Gasteiger partial charge in [0, 0.05) is 0 Å². The van der Waals surface area contributed by atoms with Crippen LogP contribution in [-0.4, -0.2) is 0 Å². The molecule has 2 atom stereocenters. The molecule has 0 bridgehead atoms. The molecule has 0 saturated heterocycles. The summed E-state index contributed by atoms with van der Waals surface area (Å²) in [6.45, 7) is 7.30. The lowest BCUT2D eigenvalue weighted by Crippen LogP contribution is -2.18. The summed E-state index contributed by atoms with van der Waals surface area (Å²) in [5, 5.41) is 0. The second-order valence-corrected chi connectivity index (χ2v) is 5.58. The van der Waals surface area contributed by atoms with Gasteiger partial charge in [-0.3, -0.25) is 0 Å². The fourth-order valence-corrected chi connectivity index (χ4v) is 3.04. The van der Waals surface area contributed by atoms with Crippen LogP contribution in [0.3, 0.4) is 0 Å². The van der Waals surface area contributed by atoms with E-state index in [2.05, 4.69) is 20.8 Å². The van der Waals surface area contributed by atoms with Crippen molar-refractivity contribution in [2.75, 3.05) is 0 Å². The summed E-state index contributed by atoms with van der Waals surface area (Å²) in [4.78, 5) is 0. The van der Waals surface area contributed by atoms with Gasteiger partial charge in [0.1, 0.15) is 0 Å². The molecule has 1 saturated carbocycles. The Hall–Kier alpha value is 0. The van der Waals surface area contributed by atoms with Crippen LogP contribution in [0.25, 0.3) is 0 Å². The highest BCUT2D eigenvalue weighted by Crippen LogP contribution is 2.31. The molecule has 0 aromatic carbocycles. The van der Waals surface area contributed by atoms with Crippen LogP contribution < -0.4 is 0 Å². The van der Waals surface area contributed by atoms with Crippen LogP contribution >= 0.6 is 0 Å². The number of hydrogen-bond acceptors (Lipinski definition) is 0. The van der Waals surface area contributed by atoms with Gasteiger partial charge in [0.2, 0.25) is 0 Å². The quantitative estimate of drug-likeness (QED) is 0.552. The highest BCUT2D eigenvalue weighted by Gasteiger charge is 2.20.